The van der Waals surface area contributed by atoms with Crippen molar-refractivity contribution in [3.05, 3.63) is 60.8 Å². The van der Waals surface area contributed by atoms with E-state index >= 15 is 0 Å². The molecular formula is C27H32N6O4S. The van der Waals surface area contributed by atoms with Crippen LogP contribution in [-0.2, 0) is 21.3 Å². The molecule has 1 aliphatic heterocycles. The van der Waals surface area contributed by atoms with Gasteiger partial charge in [0.05, 0.1) is 18.1 Å². The molecule has 2 aromatic heterocycles. The van der Waals surface area contributed by atoms with Gasteiger partial charge in [0.2, 0.25) is 11.8 Å². The Morgan fingerprint density at radius 1 is 1.11 bits per heavy atom. The standard InChI is InChI=1S/C27H32N6O4S/c1-32(2)27(11-13-37-14-12-27)18-33-23-15-19(9-10-22(23)30-26(33)28)20-16-24(25(36-3)29-17-20)38(34,35)31-21-7-5-4-6-8-21/h4-10,15-17,31H,11-14,18H2,1-3H3,(H2,28,30). The summed E-state index contributed by atoms with van der Waals surface area (Å²) < 4.78 is 42.1. The summed E-state index contributed by atoms with van der Waals surface area (Å²) in [5.74, 6) is 0.452. The molecule has 0 atom stereocenters. The number of sulfonamides is 1. The average Bonchev–Trinajstić information content (AvgIpc) is 3.22. The minimum absolute atomic E-state index is 0.0139. The molecule has 0 bridgehead atoms. The van der Waals surface area contributed by atoms with Crippen molar-refractivity contribution in [2.75, 3.05) is 44.9 Å². The molecule has 1 fully saturated rings. The van der Waals surface area contributed by atoms with Crippen LogP contribution in [0.1, 0.15) is 12.8 Å². The summed E-state index contributed by atoms with van der Waals surface area (Å²) in [6, 6.07) is 16.0. The van der Waals surface area contributed by atoms with Gasteiger partial charge in [-0.15, -0.1) is 0 Å². The van der Waals surface area contributed by atoms with Crippen molar-refractivity contribution in [2.24, 2.45) is 0 Å². The van der Waals surface area contributed by atoms with Crippen molar-refractivity contribution >= 4 is 32.7 Å². The first-order valence-corrected chi connectivity index (χ1v) is 13.8. The molecule has 200 valence electrons. The van der Waals surface area contributed by atoms with E-state index in [0.717, 1.165) is 29.4 Å². The van der Waals surface area contributed by atoms with Crippen LogP contribution in [0.5, 0.6) is 5.88 Å². The van der Waals surface area contributed by atoms with E-state index in [4.69, 9.17) is 15.2 Å². The molecule has 3 N–H and O–H groups in total. The molecule has 0 radical (unpaired) electrons. The number of aromatic nitrogens is 3. The topological polar surface area (TPSA) is 125 Å². The number of likely N-dealkylation sites (N-methyl/N-ethyl adjacent to an activating group) is 1. The second-order valence-corrected chi connectivity index (χ2v) is 11.3. The van der Waals surface area contributed by atoms with Gasteiger partial charge in [0.1, 0.15) is 4.90 Å². The van der Waals surface area contributed by atoms with Gasteiger partial charge in [-0.05, 0) is 62.8 Å². The number of para-hydroxylation sites is 1. The number of fused-ring (bicyclic) bond motifs is 1. The first-order chi connectivity index (χ1) is 18.2. The lowest BCUT2D eigenvalue weighted by Crippen LogP contribution is -2.51. The number of anilines is 2. The van der Waals surface area contributed by atoms with Crippen LogP contribution < -0.4 is 15.2 Å². The number of benzene rings is 2. The van der Waals surface area contributed by atoms with Crippen LogP contribution in [0.2, 0.25) is 0 Å². The van der Waals surface area contributed by atoms with Gasteiger partial charge in [-0.1, -0.05) is 24.3 Å². The lowest BCUT2D eigenvalue weighted by Gasteiger charge is -2.43. The highest BCUT2D eigenvalue weighted by molar-refractivity contribution is 7.92. The first-order valence-electron chi connectivity index (χ1n) is 12.4. The van der Waals surface area contributed by atoms with E-state index in [9.17, 15) is 8.42 Å². The van der Waals surface area contributed by atoms with Gasteiger partial charge in [0, 0.05) is 42.7 Å². The van der Waals surface area contributed by atoms with Crippen molar-refractivity contribution in [1.82, 2.24) is 19.4 Å². The highest BCUT2D eigenvalue weighted by Crippen LogP contribution is 2.34. The van der Waals surface area contributed by atoms with Gasteiger partial charge in [0.25, 0.3) is 10.0 Å². The van der Waals surface area contributed by atoms with Gasteiger partial charge < -0.3 is 24.7 Å². The summed E-state index contributed by atoms with van der Waals surface area (Å²) in [5.41, 5.74) is 9.79. The number of nitrogens with two attached hydrogens (primary N) is 1. The Bertz CT molecular complexity index is 1550. The Kier molecular flexibility index (Phi) is 6.99. The smallest absolute Gasteiger partial charge is 0.267 e. The van der Waals surface area contributed by atoms with Crippen LogP contribution in [0.4, 0.5) is 11.6 Å². The van der Waals surface area contributed by atoms with Crippen LogP contribution in [0, 0.1) is 0 Å². The molecule has 0 amide bonds. The molecule has 0 saturated carbocycles. The SMILES string of the molecule is COc1ncc(-c2ccc3nc(N)n(CC4(N(C)C)CCOCC4)c3c2)cc1S(=O)(=O)Nc1ccccc1. The minimum atomic E-state index is -3.96. The largest absolute Gasteiger partial charge is 0.480 e. The number of methoxy groups -OCH3 is 1. The summed E-state index contributed by atoms with van der Waals surface area (Å²) >= 11 is 0. The van der Waals surface area contributed by atoms with Crippen LogP contribution in [0.15, 0.2) is 65.7 Å². The molecule has 5 rings (SSSR count). The fraction of sp³-hybridized carbons (Fsp3) is 0.333. The number of pyridine rings is 1. The van der Waals surface area contributed by atoms with Crippen LogP contribution in [0.25, 0.3) is 22.2 Å². The molecular weight excluding hydrogens is 504 g/mol. The fourth-order valence-corrected chi connectivity index (χ4v) is 6.14. The molecule has 11 heteroatoms. The maximum absolute atomic E-state index is 13.3. The quantitative estimate of drug-likeness (QED) is 0.350. The lowest BCUT2D eigenvalue weighted by molar-refractivity contribution is -0.0157. The molecule has 3 heterocycles. The second-order valence-electron chi connectivity index (χ2n) is 9.69. The van der Waals surface area contributed by atoms with E-state index in [2.05, 4.69) is 33.7 Å². The van der Waals surface area contributed by atoms with E-state index < -0.39 is 10.0 Å². The summed E-state index contributed by atoms with van der Waals surface area (Å²) in [5, 5.41) is 0. The van der Waals surface area contributed by atoms with Crippen LogP contribution in [-0.4, -0.2) is 67.8 Å². The molecule has 38 heavy (non-hydrogen) atoms. The minimum Gasteiger partial charge on any atom is -0.480 e. The third-order valence-electron chi connectivity index (χ3n) is 7.26. The van der Waals surface area contributed by atoms with E-state index in [0.29, 0.717) is 37.0 Å². The molecule has 1 aliphatic rings. The Morgan fingerprint density at radius 3 is 2.53 bits per heavy atom. The van der Waals surface area contributed by atoms with Crippen molar-refractivity contribution < 1.29 is 17.9 Å². The van der Waals surface area contributed by atoms with E-state index in [1.807, 2.05) is 28.8 Å². The Labute approximate surface area is 222 Å². The molecule has 1 saturated heterocycles. The fourth-order valence-electron chi connectivity index (χ4n) is 4.93. The average molecular weight is 537 g/mol. The maximum Gasteiger partial charge on any atom is 0.267 e. The van der Waals surface area contributed by atoms with Gasteiger partial charge in [-0.2, -0.15) is 0 Å². The number of ether oxygens (including phenoxy) is 2. The highest BCUT2D eigenvalue weighted by Gasteiger charge is 2.36. The second kappa shape index (κ2) is 10.2. The summed E-state index contributed by atoms with van der Waals surface area (Å²) in [6.45, 7) is 2.06. The van der Waals surface area contributed by atoms with Crippen LogP contribution in [0.3, 0.4) is 0 Å². The zero-order valence-corrected chi connectivity index (χ0v) is 22.5. The number of nitrogens with zero attached hydrogens (tertiary/aromatic N) is 4. The molecule has 0 aliphatic carbocycles. The van der Waals surface area contributed by atoms with E-state index in [-0.39, 0.29) is 16.3 Å². The van der Waals surface area contributed by atoms with Crippen LogP contribution >= 0.6 is 0 Å². The Balaban J connectivity index is 1.55. The zero-order valence-electron chi connectivity index (χ0n) is 21.7. The molecule has 10 nitrogen and oxygen atoms in total. The van der Waals surface area contributed by atoms with Gasteiger partial charge >= 0.3 is 0 Å². The third-order valence-corrected chi connectivity index (χ3v) is 8.64. The molecule has 0 spiro atoms. The van der Waals surface area contributed by atoms with Gasteiger partial charge in [-0.3, -0.25) is 4.72 Å². The van der Waals surface area contributed by atoms with Gasteiger partial charge in [0.15, 0.2) is 0 Å². The molecule has 4 aromatic rings. The first kappa shape index (κ1) is 26.0. The third kappa shape index (κ3) is 4.92. The highest BCUT2D eigenvalue weighted by atomic mass is 32.2. The lowest BCUT2D eigenvalue weighted by atomic mass is 9.88. The molecule has 2 aromatic carbocycles. The van der Waals surface area contributed by atoms with Gasteiger partial charge in [-0.25, -0.2) is 18.4 Å². The number of imidazole rings is 1. The van der Waals surface area contributed by atoms with Crippen molar-refractivity contribution in [2.45, 2.75) is 29.8 Å². The number of hydrogen-bond donors (Lipinski definition) is 2. The normalized spacial score (nSPS) is 15.6. The monoisotopic (exact) mass is 536 g/mol. The Morgan fingerprint density at radius 2 is 1.84 bits per heavy atom. The van der Waals surface area contributed by atoms with E-state index in [1.165, 1.54) is 7.11 Å². The number of hydrogen-bond acceptors (Lipinski definition) is 8. The number of rotatable bonds is 8. The predicted molar refractivity (Wildman–Crippen MR) is 148 cm³/mol. The summed E-state index contributed by atoms with van der Waals surface area (Å²) in [6.07, 6.45) is 3.37. The summed E-state index contributed by atoms with van der Waals surface area (Å²) in [7, 11) is 1.60. The zero-order chi connectivity index (χ0) is 26.9. The number of nitrogen functional groups attached to an aromatic ring is 1. The predicted octanol–water partition coefficient (Wildman–Crippen LogP) is 3.60. The van der Waals surface area contributed by atoms with Crippen molar-refractivity contribution in [3.8, 4) is 17.0 Å². The molecule has 0 unspecified atom stereocenters. The van der Waals surface area contributed by atoms with Crippen molar-refractivity contribution in [1.29, 1.82) is 0 Å². The number of nitrogens with one attached hydrogen (secondary N) is 1. The van der Waals surface area contributed by atoms with Crippen molar-refractivity contribution in [3.63, 3.8) is 0 Å². The summed E-state index contributed by atoms with van der Waals surface area (Å²) in [4.78, 5) is 11.1. The Hall–Kier alpha value is -3.67. The van der Waals surface area contributed by atoms with E-state index in [1.54, 1.807) is 36.5 Å². The maximum atomic E-state index is 13.3.